The molecule has 0 spiro atoms. The second-order valence-electron chi connectivity index (χ2n) is 16.2. The van der Waals surface area contributed by atoms with E-state index in [4.69, 9.17) is 42.0 Å². The second kappa shape index (κ2) is 37.7. The van der Waals surface area contributed by atoms with E-state index in [0.29, 0.717) is 59.5 Å². The van der Waals surface area contributed by atoms with Gasteiger partial charge in [0.15, 0.2) is 0 Å². The topological polar surface area (TPSA) is 149 Å². The van der Waals surface area contributed by atoms with Gasteiger partial charge < -0.3 is 42.0 Å². The van der Waals surface area contributed by atoms with Gasteiger partial charge in [-0.2, -0.15) is 0 Å². The molecule has 4 rings (SSSR count). The molecule has 3 atom stereocenters. The molecule has 0 aliphatic heterocycles. The molecule has 0 aliphatic rings. The minimum absolute atomic E-state index is 0.00427. The Morgan fingerprint density at radius 2 is 0.638 bits per heavy atom. The third-order valence-electron chi connectivity index (χ3n) is 10.6. The van der Waals surface area contributed by atoms with Crippen LogP contribution in [-0.4, -0.2) is 113 Å². The van der Waals surface area contributed by atoms with Gasteiger partial charge in [-0.05, 0) is 89.3 Å². The van der Waals surface area contributed by atoms with Crippen molar-refractivity contribution < 1.29 is 42.0 Å². The fourth-order valence-electron chi connectivity index (χ4n) is 6.72. The summed E-state index contributed by atoms with van der Waals surface area (Å²) in [4.78, 5) is 41.5. The molecule has 0 saturated heterocycles. The Morgan fingerprint density at radius 1 is 0.362 bits per heavy atom. The number of hydrogen-bond donors (Lipinski definition) is 0. The molecule has 1 aromatic heterocycles. The highest BCUT2D eigenvalue weighted by molar-refractivity contribution is 7.42. The van der Waals surface area contributed by atoms with Crippen LogP contribution in [0.2, 0.25) is 0 Å². The predicted octanol–water partition coefficient (Wildman–Crippen LogP) is 6.11. The molecule has 0 saturated carbocycles. The number of benzene rings is 3. The van der Waals surface area contributed by atoms with Crippen LogP contribution in [0.5, 0.6) is 0 Å². The Hall–Kier alpha value is -3.00. The lowest BCUT2D eigenvalue weighted by atomic mass is 10.2. The zero-order valence-corrected chi connectivity index (χ0v) is 44.3. The van der Waals surface area contributed by atoms with Gasteiger partial charge in [0.1, 0.15) is 0 Å². The number of nitrogens with zero attached hydrogens (tertiary/aromatic N) is 3. The number of ether oxygens (including phenoxy) is 6. The van der Waals surface area contributed by atoms with Crippen LogP contribution < -0.4 is 33.0 Å². The van der Waals surface area contributed by atoms with Crippen molar-refractivity contribution in [3.8, 4) is 0 Å². The number of rotatable bonds is 42. The average molecular weight is 1020 g/mol. The monoisotopic (exact) mass is 1020 g/mol. The highest BCUT2D eigenvalue weighted by Gasteiger charge is 2.16. The van der Waals surface area contributed by atoms with Gasteiger partial charge >= 0.3 is 17.1 Å². The molecule has 0 N–H and O–H groups in total. The highest BCUT2D eigenvalue weighted by Crippen LogP contribution is 2.16. The van der Waals surface area contributed by atoms with Gasteiger partial charge in [-0.15, -0.1) is 0 Å². The van der Waals surface area contributed by atoms with Crippen molar-refractivity contribution in [3.63, 3.8) is 0 Å². The Kier molecular flexibility index (Phi) is 32.0. The molecule has 4 aromatic rings. The van der Waals surface area contributed by atoms with Crippen molar-refractivity contribution in [2.24, 2.45) is 0 Å². The van der Waals surface area contributed by atoms with E-state index in [2.05, 4.69) is 57.2 Å². The summed E-state index contributed by atoms with van der Waals surface area (Å²) in [7, 11) is -0.0128. The molecule has 3 unspecified atom stereocenters. The first-order valence-corrected chi connectivity index (χ1v) is 27.5. The third kappa shape index (κ3) is 24.8. The van der Waals surface area contributed by atoms with Gasteiger partial charge in [0.05, 0.1) is 98.9 Å². The van der Waals surface area contributed by atoms with Gasteiger partial charge in [-0.25, -0.2) is 28.1 Å². The molecule has 18 heteroatoms. The summed E-state index contributed by atoms with van der Waals surface area (Å²) >= 11 is 0. The van der Waals surface area contributed by atoms with E-state index in [-0.39, 0.29) is 65.9 Å². The standard InChI is InChI=1S/C51H78N3O12P3/c1-4-7-25-58-34-37-61-28-19-43-13-10-16-46(40-43)67-64-31-22-52-49(55)53(23-32-65-68-47-17-11-14-44(41-47)20-29-62-38-35-59-26-8-5-2)51(57)54(50(52)56)24-33-66-69-48-18-12-15-45(42-48)21-30-63-39-36-60-27-9-6-3/h10-18,40-42,67-69H,4-9,19-39H2,1-3H3. The fraction of sp³-hybridized carbons (Fsp3) is 0.588. The molecule has 0 fully saturated rings. The number of hydrogen-bond acceptors (Lipinski definition) is 12. The van der Waals surface area contributed by atoms with E-state index in [1.165, 1.54) is 0 Å². The van der Waals surface area contributed by atoms with E-state index < -0.39 is 17.1 Å². The number of unbranched alkanes of at least 4 members (excludes halogenated alkanes) is 3. The molecular formula is C51H78N3O12P3. The Labute approximate surface area is 414 Å². The lowest BCUT2D eigenvalue weighted by molar-refractivity contribution is 0.0479. The van der Waals surface area contributed by atoms with Crippen molar-refractivity contribution in [3.05, 3.63) is 121 Å². The SMILES string of the molecule is CCCCOCCOCCc1cccc(POCCn2c(=O)n(CCOPc3cccc(CCOCCOCCCC)c3)c(=O)n(CCOPc3cccc(CCOCCOCCCC)c3)c2=O)c1. The molecule has 0 bridgehead atoms. The van der Waals surface area contributed by atoms with Crippen molar-refractivity contribution in [2.75, 3.05) is 99.1 Å². The maximum absolute atomic E-state index is 13.8. The van der Waals surface area contributed by atoms with Crippen molar-refractivity contribution in [1.82, 2.24) is 13.7 Å². The Morgan fingerprint density at radius 3 is 0.913 bits per heavy atom. The summed E-state index contributed by atoms with van der Waals surface area (Å²) < 4.78 is 55.2. The Bertz CT molecular complexity index is 1890. The fourth-order valence-corrected chi connectivity index (χ4v) is 9.02. The first kappa shape index (κ1) is 58.6. The molecule has 69 heavy (non-hydrogen) atoms. The Balaban J connectivity index is 1.33. The van der Waals surface area contributed by atoms with Crippen LogP contribution in [0.3, 0.4) is 0 Å². The van der Waals surface area contributed by atoms with Crippen LogP contribution >= 0.6 is 26.4 Å². The van der Waals surface area contributed by atoms with E-state index in [1.54, 1.807) is 0 Å². The minimum Gasteiger partial charge on any atom is -0.379 e. The predicted molar refractivity (Wildman–Crippen MR) is 281 cm³/mol. The smallest absolute Gasteiger partial charge is 0.336 e. The lowest BCUT2D eigenvalue weighted by Gasteiger charge is -2.15. The van der Waals surface area contributed by atoms with Crippen LogP contribution in [0.25, 0.3) is 0 Å². The van der Waals surface area contributed by atoms with Gasteiger partial charge in [0.2, 0.25) is 0 Å². The largest absolute Gasteiger partial charge is 0.379 e. The maximum Gasteiger partial charge on any atom is 0.336 e. The molecule has 0 radical (unpaired) electrons. The van der Waals surface area contributed by atoms with Crippen LogP contribution in [0.4, 0.5) is 0 Å². The van der Waals surface area contributed by atoms with E-state index in [1.807, 2.05) is 36.4 Å². The normalized spacial score (nSPS) is 12.0. The average Bonchev–Trinajstić information content (AvgIpc) is 3.36. The summed E-state index contributed by atoms with van der Waals surface area (Å²) in [6.07, 6.45) is 8.76. The van der Waals surface area contributed by atoms with E-state index >= 15 is 0 Å². The first-order chi connectivity index (χ1) is 33.9. The van der Waals surface area contributed by atoms with Gasteiger partial charge in [0.25, 0.3) is 0 Å². The summed E-state index contributed by atoms with van der Waals surface area (Å²) in [5.41, 5.74) is 1.26. The molecule has 0 amide bonds. The third-order valence-corrected chi connectivity index (χ3v) is 13.3. The van der Waals surface area contributed by atoms with E-state index in [0.717, 1.165) is 124 Å². The molecule has 15 nitrogen and oxygen atoms in total. The van der Waals surface area contributed by atoms with Crippen LogP contribution in [0, 0.1) is 0 Å². The van der Waals surface area contributed by atoms with Crippen molar-refractivity contribution in [2.45, 2.75) is 98.2 Å². The van der Waals surface area contributed by atoms with Crippen LogP contribution in [-0.2, 0) is 80.9 Å². The van der Waals surface area contributed by atoms with Gasteiger partial charge in [-0.1, -0.05) is 94.6 Å². The van der Waals surface area contributed by atoms with E-state index in [9.17, 15) is 14.4 Å². The highest BCUT2D eigenvalue weighted by atomic mass is 31.1. The minimum atomic E-state index is -0.705. The molecular weight excluding hydrogens is 939 g/mol. The molecule has 3 aromatic carbocycles. The summed E-state index contributed by atoms with van der Waals surface area (Å²) in [6.45, 7) is 14.1. The van der Waals surface area contributed by atoms with Gasteiger partial charge in [0, 0.05) is 46.2 Å². The number of aromatic nitrogens is 3. The maximum atomic E-state index is 13.8. The van der Waals surface area contributed by atoms with Crippen molar-refractivity contribution in [1.29, 1.82) is 0 Å². The van der Waals surface area contributed by atoms with Crippen LogP contribution in [0.1, 0.15) is 76.0 Å². The zero-order chi connectivity index (χ0) is 49.0. The lowest BCUT2D eigenvalue weighted by Crippen LogP contribution is -2.55. The molecule has 1 heterocycles. The summed E-state index contributed by atoms with van der Waals surface area (Å²) in [6, 6.07) is 24.3. The van der Waals surface area contributed by atoms with Crippen molar-refractivity contribution >= 4 is 42.3 Å². The second-order valence-corrected chi connectivity index (χ2v) is 19.5. The van der Waals surface area contributed by atoms with Crippen LogP contribution in [0.15, 0.2) is 87.2 Å². The molecule has 384 valence electrons. The summed E-state index contributed by atoms with van der Waals surface area (Å²) in [5, 5.41) is 2.97. The van der Waals surface area contributed by atoms with Gasteiger partial charge in [-0.3, -0.25) is 0 Å². The summed E-state index contributed by atoms with van der Waals surface area (Å²) in [5.74, 6) is 0. The zero-order valence-electron chi connectivity index (χ0n) is 41.3. The quantitative estimate of drug-likeness (QED) is 0.0373. The first-order valence-electron chi connectivity index (χ1n) is 24.7. The molecule has 0 aliphatic carbocycles.